The number of hydrogen-bond acceptors (Lipinski definition) is 4. The van der Waals surface area contributed by atoms with Gasteiger partial charge < -0.3 is 10.0 Å². The predicted molar refractivity (Wildman–Crippen MR) is 58.9 cm³/mol. The Balaban J connectivity index is 2.03. The Kier molecular flexibility index (Phi) is 3.16. The Morgan fingerprint density at radius 1 is 1.47 bits per heavy atom. The summed E-state index contributed by atoms with van der Waals surface area (Å²) in [4.78, 5) is 2.08. The van der Waals surface area contributed by atoms with E-state index >= 15 is 0 Å². The molecular weight excluding hydrogens is 190 g/mol. The summed E-state index contributed by atoms with van der Waals surface area (Å²) >= 11 is 0. The Bertz CT molecular complexity index is 312. The molecule has 0 spiro atoms. The van der Waals surface area contributed by atoms with E-state index in [1.54, 1.807) is 0 Å². The quantitative estimate of drug-likeness (QED) is 0.803. The van der Waals surface area contributed by atoms with Gasteiger partial charge in [0.1, 0.15) is 0 Å². The summed E-state index contributed by atoms with van der Waals surface area (Å²) in [5, 5.41) is 17.8. The molecule has 15 heavy (non-hydrogen) atoms. The lowest BCUT2D eigenvalue weighted by molar-refractivity contribution is 0.198. The van der Waals surface area contributed by atoms with Crippen LogP contribution in [0.2, 0.25) is 0 Å². The zero-order valence-electron chi connectivity index (χ0n) is 9.06. The normalized spacial score (nSPS) is 20.9. The molecule has 1 atom stereocenters. The Morgan fingerprint density at radius 2 is 2.33 bits per heavy atom. The molecule has 0 radical (unpaired) electrons. The van der Waals surface area contributed by atoms with E-state index < -0.39 is 0 Å². The molecule has 1 aliphatic rings. The van der Waals surface area contributed by atoms with E-state index in [4.69, 9.17) is 0 Å². The van der Waals surface area contributed by atoms with Crippen LogP contribution in [0, 0.1) is 0 Å². The van der Waals surface area contributed by atoms with E-state index in [9.17, 15) is 5.11 Å². The molecule has 1 saturated heterocycles. The maximum Gasteiger partial charge on any atom is 0.151 e. The van der Waals surface area contributed by atoms with Crippen molar-refractivity contribution in [3.05, 3.63) is 17.8 Å². The number of nitrogens with zero attached hydrogens (tertiary/aromatic N) is 3. The highest BCUT2D eigenvalue weighted by atomic mass is 16.3. The van der Waals surface area contributed by atoms with Gasteiger partial charge >= 0.3 is 0 Å². The molecule has 2 heterocycles. The minimum atomic E-state index is -0.206. The molecule has 4 heteroatoms. The Hall–Kier alpha value is -1.16. The van der Waals surface area contributed by atoms with Crippen molar-refractivity contribution in [2.75, 3.05) is 18.0 Å². The number of rotatable bonds is 3. The maximum absolute atomic E-state index is 9.41. The van der Waals surface area contributed by atoms with Crippen molar-refractivity contribution in [1.82, 2.24) is 10.2 Å². The second-order valence-electron chi connectivity index (χ2n) is 4.02. The summed E-state index contributed by atoms with van der Waals surface area (Å²) in [7, 11) is 0. The molecule has 1 fully saturated rings. The zero-order valence-corrected chi connectivity index (χ0v) is 9.06. The lowest BCUT2D eigenvalue weighted by Crippen LogP contribution is -2.22. The number of aliphatic hydroxyl groups is 1. The van der Waals surface area contributed by atoms with E-state index in [0.717, 1.165) is 37.3 Å². The molecule has 0 aromatic carbocycles. The summed E-state index contributed by atoms with van der Waals surface area (Å²) in [5.74, 6) is 0.881. The highest BCUT2D eigenvalue weighted by molar-refractivity contribution is 5.38. The fourth-order valence-electron chi connectivity index (χ4n) is 1.86. The first-order valence-corrected chi connectivity index (χ1v) is 5.55. The minimum absolute atomic E-state index is 0.206. The molecule has 1 unspecified atom stereocenters. The maximum atomic E-state index is 9.41. The second-order valence-corrected chi connectivity index (χ2v) is 4.02. The van der Waals surface area contributed by atoms with Gasteiger partial charge in [0, 0.05) is 13.1 Å². The van der Waals surface area contributed by atoms with E-state index in [1.807, 2.05) is 12.1 Å². The number of aromatic nitrogens is 2. The minimum Gasteiger partial charge on any atom is -0.391 e. The van der Waals surface area contributed by atoms with Crippen molar-refractivity contribution < 1.29 is 5.11 Å². The Labute approximate surface area is 89.9 Å². The largest absolute Gasteiger partial charge is 0.391 e. The van der Waals surface area contributed by atoms with Crippen LogP contribution < -0.4 is 4.90 Å². The van der Waals surface area contributed by atoms with Gasteiger partial charge in [-0.2, -0.15) is 5.10 Å². The van der Waals surface area contributed by atoms with Crippen LogP contribution in [0.1, 0.15) is 25.5 Å². The summed E-state index contributed by atoms with van der Waals surface area (Å²) in [6.07, 6.45) is 2.70. The van der Waals surface area contributed by atoms with Crippen molar-refractivity contribution in [2.24, 2.45) is 0 Å². The fourth-order valence-corrected chi connectivity index (χ4v) is 1.86. The molecule has 2 rings (SSSR count). The third-order valence-corrected chi connectivity index (χ3v) is 2.70. The van der Waals surface area contributed by atoms with Gasteiger partial charge in [-0.25, -0.2) is 0 Å². The van der Waals surface area contributed by atoms with E-state index in [-0.39, 0.29) is 6.10 Å². The number of aryl methyl sites for hydroxylation is 1. The summed E-state index contributed by atoms with van der Waals surface area (Å²) in [6.45, 7) is 3.69. The van der Waals surface area contributed by atoms with Gasteiger partial charge in [0.25, 0.3) is 0 Å². The van der Waals surface area contributed by atoms with Crippen LogP contribution in [-0.2, 0) is 6.42 Å². The van der Waals surface area contributed by atoms with E-state index in [2.05, 4.69) is 22.0 Å². The van der Waals surface area contributed by atoms with Gasteiger partial charge in [-0.15, -0.1) is 5.10 Å². The summed E-state index contributed by atoms with van der Waals surface area (Å²) in [5.41, 5.74) is 1.04. The molecule has 82 valence electrons. The van der Waals surface area contributed by atoms with Crippen molar-refractivity contribution in [2.45, 2.75) is 32.3 Å². The predicted octanol–water partition coefficient (Wildman–Crippen LogP) is 1.00. The van der Waals surface area contributed by atoms with Gasteiger partial charge in [-0.05, 0) is 25.0 Å². The number of aliphatic hydroxyl groups excluding tert-OH is 1. The van der Waals surface area contributed by atoms with Crippen LogP contribution >= 0.6 is 0 Å². The highest BCUT2D eigenvalue weighted by Gasteiger charge is 2.21. The summed E-state index contributed by atoms with van der Waals surface area (Å²) < 4.78 is 0. The number of anilines is 1. The first-order chi connectivity index (χ1) is 7.29. The average Bonchev–Trinajstić information content (AvgIpc) is 2.67. The number of hydrogen-bond donors (Lipinski definition) is 1. The molecule has 0 bridgehead atoms. The third-order valence-electron chi connectivity index (χ3n) is 2.70. The molecule has 1 aromatic rings. The standard InChI is InChI=1S/C11H17N3O/c1-2-3-9-4-5-11(13-12-9)14-7-6-10(15)8-14/h4-5,10,15H,2-3,6-8H2,1H3. The van der Waals surface area contributed by atoms with Crippen molar-refractivity contribution in [1.29, 1.82) is 0 Å². The molecule has 1 N–H and O–H groups in total. The topological polar surface area (TPSA) is 49.2 Å². The molecular formula is C11H17N3O. The zero-order chi connectivity index (χ0) is 10.7. The van der Waals surface area contributed by atoms with Crippen molar-refractivity contribution in [3.8, 4) is 0 Å². The molecule has 0 aliphatic carbocycles. The SMILES string of the molecule is CCCc1ccc(N2CCC(O)C2)nn1. The molecule has 0 saturated carbocycles. The van der Waals surface area contributed by atoms with Crippen LogP contribution in [0.5, 0.6) is 0 Å². The Morgan fingerprint density at radius 3 is 2.87 bits per heavy atom. The van der Waals surface area contributed by atoms with Crippen LogP contribution in [0.25, 0.3) is 0 Å². The molecule has 1 aromatic heterocycles. The highest BCUT2D eigenvalue weighted by Crippen LogP contribution is 2.17. The second kappa shape index (κ2) is 4.57. The summed E-state index contributed by atoms with van der Waals surface area (Å²) in [6, 6.07) is 4.02. The third kappa shape index (κ3) is 2.45. The smallest absolute Gasteiger partial charge is 0.151 e. The van der Waals surface area contributed by atoms with Crippen molar-refractivity contribution >= 4 is 5.82 Å². The monoisotopic (exact) mass is 207 g/mol. The van der Waals surface area contributed by atoms with Crippen LogP contribution in [0.3, 0.4) is 0 Å². The number of β-amino-alcohol motifs (C(OH)–C–C–N with tert-alkyl or cyclic N) is 1. The molecule has 1 aliphatic heterocycles. The van der Waals surface area contributed by atoms with Gasteiger partial charge in [-0.1, -0.05) is 13.3 Å². The van der Waals surface area contributed by atoms with Gasteiger partial charge in [0.15, 0.2) is 5.82 Å². The van der Waals surface area contributed by atoms with Gasteiger partial charge in [0.05, 0.1) is 11.8 Å². The lowest BCUT2D eigenvalue weighted by Gasteiger charge is -2.15. The lowest BCUT2D eigenvalue weighted by atomic mass is 10.2. The van der Waals surface area contributed by atoms with Crippen LogP contribution in [0.4, 0.5) is 5.82 Å². The van der Waals surface area contributed by atoms with Gasteiger partial charge in [0.2, 0.25) is 0 Å². The van der Waals surface area contributed by atoms with Crippen LogP contribution in [-0.4, -0.2) is 34.5 Å². The van der Waals surface area contributed by atoms with Gasteiger partial charge in [-0.3, -0.25) is 0 Å². The molecule has 4 nitrogen and oxygen atoms in total. The van der Waals surface area contributed by atoms with Crippen molar-refractivity contribution in [3.63, 3.8) is 0 Å². The van der Waals surface area contributed by atoms with E-state index in [0.29, 0.717) is 6.54 Å². The van der Waals surface area contributed by atoms with Crippen LogP contribution in [0.15, 0.2) is 12.1 Å². The molecule has 0 amide bonds. The van der Waals surface area contributed by atoms with E-state index in [1.165, 1.54) is 0 Å². The fraction of sp³-hybridized carbons (Fsp3) is 0.636. The average molecular weight is 207 g/mol. The first-order valence-electron chi connectivity index (χ1n) is 5.55. The first kappa shape index (κ1) is 10.4.